The Morgan fingerprint density at radius 2 is 2.21 bits per heavy atom. The maximum absolute atomic E-state index is 10.4. The molecular formula is C10H15NO2S. The normalized spacial score (nSPS) is 10.4. The molecule has 0 fully saturated rings. The number of aliphatic carboxylic acids is 1. The van der Waals surface area contributed by atoms with Gasteiger partial charge in [-0.3, -0.25) is 4.79 Å². The van der Waals surface area contributed by atoms with E-state index < -0.39 is 5.97 Å². The highest BCUT2D eigenvalue weighted by Crippen LogP contribution is 2.20. The minimum Gasteiger partial charge on any atom is -0.481 e. The Morgan fingerprint density at radius 1 is 1.50 bits per heavy atom. The van der Waals surface area contributed by atoms with Gasteiger partial charge >= 0.3 is 5.97 Å². The van der Waals surface area contributed by atoms with Crippen LogP contribution in [-0.2, 0) is 17.6 Å². The summed E-state index contributed by atoms with van der Waals surface area (Å²) in [5.41, 5.74) is 1.09. The Balaban J connectivity index is 2.68. The van der Waals surface area contributed by atoms with Crippen molar-refractivity contribution < 1.29 is 9.90 Å². The van der Waals surface area contributed by atoms with Crippen LogP contribution in [0.5, 0.6) is 0 Å². The highest BCUT2D eigenvalue weighted by molar-refractivity contribution is 7.11. The second kappa shape index (κ2) is 5.10. The van der Waals surface area contributed by atoms with Gasteiger partial charge in [0.25, 0.3) is 0 Å². The number of carbonyl (C=O) groups is 1. The zero-order valence-corrected chi connectivity index (χ0v) is 9.36. The summed E-state index contributed by atoms with van der Waals surface area (Å²) in [7, 11) is 0. The third-order valence-electron chi connectivity index (χ3n) is 1.94. The first-order chi connectivity index (χ1) is 6.63. The Morgan fingerprint density at radius 3 is 2.79 bits per heavy atom. The van der Waals surface area contributed by atoms with E-state index in [1.165, 1.54) is 0 Å². The Labute approximate surface area is 87.8 Å². The molecule has 4 heteroatoms. The second-order valence-electron chi connectivity index (χ2n) is 3.25. The zero-order valence-electron chi connectivity index (χ0n) is 8.54. The van der Waals surface area contributed by atoms with Gasteiger partial charge in [0, 0.05) is 4.88 Å². The van der Waals surface area contributed by atoms with Gasteiger partial charge < -0.3 is 5.11 Å². The van der Waals surface area contributed by atoms with Gasteiger partial charge in [-0.25, -0.2) is 4.98 Å². The molecule has 0 bridgehead atoms. The van der Waals surface area contributed by atoms with Crippen molar-refractivity contribution in [3.63, 3.8) is 0 Å². The third-order valence-corrected chi connectivity index (χ3v) is 3.01. The molecular weight excluding hydrogens is 198 g/mol. The molecule has 0 amide bonds. The lowest BCUT2D eigenvalue weighted by Gasteiger charge is -1.97. The molecule has 1 aromatic heterocycles. The Hall–Kier alpha value is -0.900. The molecule has 1 heterocycles. The largest absolute Gasteiger partial charge is 0.481 e. The molecule has 0 saturated heterocycles. The predicted octanol–water partition coefficient (Wildman–Crippen LogP) is 2.42. The van der Waals surface area contributed by atoms with Crippen LogP contribution in [0.2, 0.25) is 0 Å². The first-order valence-electron chi connectivity index (χ1n) is 4.80. The topological polar surface area (TPSA) is 50.2 Å². The van der Waals surface area contributed by atoms with E-state index in [-0.39, 0.29) is 6.42 Å². The number of thiazole rings is 1. The first-order valence-corrected chi connectivity index (χ1v) is 5.62. The molecule has 1 rings (SSSR count). The van der Waals surface area contributed by atoms with Crippen LogP contribution in [0.4, 0.5) is 0 Å². The summed E-state index contributed by atoms with van der Waals surface area (Å²) >= 11 is 1.62. The number of carboxylic acids is 1. The summed E-state index contributed by atoms with van der Waals surface area (Å²) in [6, 6.07) is 0. The van der Waals surface area contributed by atoms with Crippen molar-refractivity contribution >= 4 is 17.3 Å². The number of carboxylic acid groups (broad SMARTS) is 1. The van der Waals surface area contributed by atoms with Crippen molar-refractivity contribution in [1.29, 1.82) is 0 Å². The highest BCUT2D eigenvalue weighted by Gasteiger charge is 2.09. The van der Waals surface area contributed by atoms with E-state index in [0.717, 1.165) is 28.4 Å². The van der Waals surface area contributed by atoms with Crippen LogP contribution >= 0.6 is 11.3 Å². The number of aromatic nitrogens is 1. The lowest BCUT2D eigenvalue weighted by Crippen LogP contribution is -1.98. The van der Waals surface area contributed by atoms with Crippen molar-refractivity contribution in [3.8, 4) is 0 Å². The maximum Gasteiger partial charge on any atom is 0.303 e. The molecule has 3 nitrogen and oxygen atoms in total. The lowest BCUT2D eigenvalue weighted by molar-refractivity contribution is -0.136. The standard InChI is InChI=1S/C10H15NO2S/c1-3-4-8-9(5-6-10(12)13)14-7(2)11-8/h3-6H2,1-2H3,(H,12,13). The molecule has 0 aromatic carbocycles. The summed E-state index contributed by atoms with van der Waals surface area (Å²) in [5.74, 6) is -0.737. The molecule has 1 aromatic rings. The average molecular weight is 213 g/mol. The number of rotatable bonds is 5. The fraction of sp³-hybridized carbons (Fsp3) is 0.600. The molecule has 0 spiro atoms. The van der Waals surface area contributed by atoms with E-state index in [9.17, 15) is 4.79 Å². The number of hydrogen-bond acceptors (Lipinski definition) is 3. The molecule has 0 aliphatic heterocycles. The lowest BCUT2D eigenvalue weighted by atomic mass is 10.2. The maximum atomic E-state index is 10.4. The minimum atomic E-state index is -0.737. The SMILES string of the molecule is CCCc1nc(C)sc1CCC(=O)O. The van der Waals surface area contributed by atoms with Gasteiger partial charge in [0.1, 0.15) is 0 Å². The zero-order chi connectivity index (χ0) is 10.6. The monoisotopic (exact) mass is 213 g/mol. The van der Waals surface area contributed by atoms with E-state index in [4.69, 9.17) is 5.11 Å². The van der Waals surface area contributed by atoms with Gasteiger partial charge in [-0.05, 0) is 19.8 Å². The quantitative estimate of drug-likeness (QED) is 0.817. The predicted molar refractivity (Wildman–Crippen MR) is 56.8 cm³/mol. The van der Waals surface area contributed by atoms with Crippen LogP contribution in [0.3, 0.4) is 0 Å². The summed E-state index contributed by atoms with van der Waals surface area (Å²) in [6.07, 6.45) is 2.84. The molecule has 0 aliphatic carbocycles. The van der Waals surface area contributed by atoms with Gasteiger partial charge in [-0.15, -0.1) is 11.3 Å². The van der Waals surface area contributed by atoms with E-state index in [1.54, 1.807) is 11.3 Å². The number of nitrogens with zero attached hydrogens (tertiary/aromatic N) is 1. The molecule has 0 atom stereocenters. The molecule has 0 saturated carbocycles. The fourth-order valence-corrected chi connectivity index (χ4v) is 2.34. The number of aryl methyl sites for hydroxylation is 3. The van der Waals surface area contributed by atoms with E-state index in [1.807, 2.05) is 6.92 Å². The van der Waals surface area contributed by atoms with Crippen LogP contribution in [0.25, 0.3) is 0 Å². The minimum absolute atomic E-state index is 0.207. The van der Waals surface area contributed by atoms with Crippen LogP contribution in [0.1, 0.15) is 35.3 Å². The average Bonchev–Trinajstić information content (AvgIpc) is 2.44. The number of hydrogen-bond donors (Lipinski definition) is 1. The third kappa shape index (κ3) is 3.10. The molecule has 1 N–H and O–H groups in total. The van der Waals surface area contributed by atoms with Gasteiger partial charge in [-0.1, -0.05) is 13.3 Å². The summed E-state index contributed by atoms with van der Waals surface area (Å²) < 4.78 is 0. The molecule has 14 heavy (non-hydrogen) atoms. The van der Waals surface area contributed by atoms with E-state index >= 15 is 0 Å². The van der Waals surface area contributed by atoms with E-state index in [0.29, 0.717) is 6.42 Å². The fourth-order valence-electron chi connectivity index (χ4n) is 1.36. The summed E-state index contributed by atoms with van der Waals surface area (Å²) in [4.78, 5) is 16.0. The first kappa shape index (κ1) is 11.2. The Bertz CT molecular complexity index is 320. The van der Waals surface area contributed by atoms with Crippen LogP contribution < -0.4 is 0 Å². The molecule has 0 radical (unpaired) electrons. The second-order valence-corrected chi connectivity index (χ2v) is 4.53. The highest BCUT2D eigenvalue weighted by atomic mass is 32.1. The van der Waals surface area contributed by atoms with Crippen molar-refractivity contribution in [2.45, 2.75) is 39.5 Å². The van der Waals surface area contributed by atoms with E-state index in [2.05, 4.69) is 11.9 Å². The van der Waals surface area contributed by atoms with Crippen molar-refractivity contribution in [2.24, 2.45) is 0 Å². The van der Waals surface area contributed by atoms with Crippen molar-refractivity contribution in [3.05, 3.63) is 15.6 Å². The summed E-state index contributed by atoms with van der Waals surface area (Å²) in [5, 5.41) is 9.62. The van der Waals surface area contributed by atoms with Gasteiger partial charge in [0.15, 0.2) is 0 Å². The summed E-state index contributed by atoms with van der Waals surface area (Å²) in [6.45, 7) is 4.07. The van der Waals surface area contributed by atoms with Crippen LogP contribution in [0.15, 0.2) is 0 Å². The van der Waals surface area contributed by atoms with Crippen LogP contribution in [0, 0.1) is 6.92 Å². The van der Waals surface area contributed by atoms with Crippen molar-refractivity contribution in [2.75, 3.05) is 0 Å². The molecule has 0 unspecified atom stereocenters. The van der Waals surface area contributed by atoms with Gasteiger partial charge in [-0.2, -0.15) is 0 Å². The van der Waals surface area contributed by atoms with Crippen LogP contribution in [-0.4, -0.2) is 16.1 Å². The van der Waals surface area contributed by atoms with Gasteiger partial charge in [0.05, 0.1) is 17.1 Å². The molecule has 0 aliphatic rings. The van der Waals surface area contributed by atoms with Gasteiger partial charge in [0.2, 0.25) is 0 Å². The smallest absolute Gasteiger partial charge is 0.303 e. The Kier molecular flexibility index (Phi) is 4.07. The van der Waals surface area contributed by atoms with Crippen molar-refractivity contribution in [1.82, 2.24) is 4.98 Å². The molecule has 78 valence electrons.